The van der Waals surface area contributed by atoms with Gasteiger partial charge in [-0.25, -0.2) is 4.39 Å². The van der Waals surface area contributed by atoms with Crippen molar-refractivity contribution in [2.75, 3.05) is 18.6 Å². The van der Waals surface area contributed by atoms with Gasteiger partial charge in [-0.3, -0.25) is 9.59 Å². The molecule has 1 atom stereocenters. The highest BCUT2D eigenvalue weighted by atomic mass is 32.2. The number of hydrogen-bond acceptors (Lipinski definition) is 5. The smallest absolute Gasteiger partial charge is 0.230 e. The molecule has 0 fully saturated rings. The van der Waals surface area contributed by atoms with Gasteiger partial charge in [-0.05, 0) is 37.4 Å². The molecule has 1 amide bonds. The molecule has 0 saturated heterocycles. The molecule has 0 saturated carbocycles. The van der Waals surface area contributed by atoms with E-state index in [-0.39, 0.29) is 23.6 Å². The summed E-state index contributed by atoms with van der Waals surface area (Å²) in [6.07, 6.45) is 2.20. The number of rotatable bonds is 6. The summed E-state index contributed by atoms with van der Waals surface area (Å²) in [5, 5.41) is 2.83. The Balaban J connectivity index is 1.81. The van der Waals surface area contributed by atoms with Crippen LogP contribution in [-0.2, 0) is 11.2 Å². The normalized spacial score (nSPS) is 15.6. The van der Waals surface area contributed by atoms with E-state index in [9.17, 15) is 14.0 Å². The molecule has 1 aliphatic rings. The van der Waals surface area contributed by atoms with Crippen molar-refractivity contribution in [1.82, 2.24) is 5.32 Å². The number of ether oxygens (including phenoxy) is 1. The van der Waals surface area contributed by atoms with E-state index >= 15 is 0 Å². The van der Waals surface area contributed by atoms with Crippen molar-refractivity contribution in [1.29, 1.82) is 0 Å². The predicted molar refractivity (Wildman–Crippen MR) is 99.2 cm³/mol. The fourth-order valence-corrected chi connectivity index (χ4v) is 4.05. The standard InChI is InChI=1S/C18H18FNO3S2/c1-10(21)15-3-4-16(25-15)14-7-12(19)5-11-6-13(23-18(11)14)8-20-17(22)9-24-2/h3-5,7,13H,6,8-9H2,1-2H3,(H,20,22). The highest BCUT2D eigenvalue weighted by Crippen LogP contribution is 2.42. The van der Waals surface area contributed by atoms with Gasteiger partial charge in [0.2, 0.25) is 5.91 Å². The number of nitrogens with one attached hydrogen (secondary N) is 1. The maximum absolute atomic E-state index is 14.0. The van der Waals surface area contributed by atoms with Gasteiger partial charge in [-0.1, -0.05) is 0 Å². The molecule has 25 heavy (non-hydrogen) atoms. The van der Waals surface area contributed by atoms with Crippen molar-refractivity contribution in [3.63, 3.8) is 0 Å². The highest BCUT2D eigenvalue weighted by Gasteiger charge is 2.28. The van der Waals surface area contributed by atoms with Crippen LogP contribution in [0, 0.1) is 5.82 Å². The van der Waals surface area contributed by atoms with Crippen LogP contribution in [0.1, 0.15) is 22.2 Å². The molecule has 132 valence electrons. The van der Waals surface area contributed by atoms with E-state index in [1.165, 1.54) is 42.2 Å². The summed E-state index contributed by atoms with van der Waals surface area (Å²) in [5.41, 5.74) is 1.45. The minimum Gasteiger partial charge on any atom is -0.487 e. The first kappa shape index (κ1) is 17.9. The van der Waals surface area contributed by atoms with Crippen LogP contribution in [0.25, 0.3) is 10.4 Å². The van der Waals surface area contributed by atoms with Crippen LogP contribution in [0.15, 0.2) is 24.3 Å². The van der Waals surface area contributed by atoms with Crippen molar-refractivity contribution < 1.29 is 18.7 Å². The number of benzene rings is 1. The molecule has 1 aromatic heterocycles. The number of thiophene rings is 1. The molecular formula is C18H18FNO3S2. The van der Waals surface area contributed by atoms with Crippen LogP contribution in [0.2, 0.25) is 0 Å². The van der Waals surface area contributed by atoms with Gasteiger partial charge >= 0.3 is 0 Å². The largest absolute Gasteiger partial charge is 0.487 e. The van der Waals surface area contributed by atoms with Crippen molar-refractivity contribution in [3.05, 3.63) is 40.5 Å². The summed E-state index contributed by atoms with van der Waals surface area (Å²) in [6, 6.07) is 6.47. The second-order valence-electron chi connectivity index (χ2n) is 5.84. The number of Topliss-reactive ketones (excluding diaryl/α,β-unsaturated/α-hetero) is 1. The number of amides is 1. The highest BCUT2D eigenvalue weighted by molar-refractivity contribution is 7.99. The zero-order valence-corrected chi connectivity index (χ0v) is 15.6. The Hall–Kier alpha value is -1.86. The third kappa shape index (κ3) is 4.04. The summed E-state index contributed by atoms with van der Waals surface area (Å²) in [7, 11) is 0. The number of ketones is 1. The van der Waals surface area contributed by atoms with Gasteiger partial charge < -0.3 is 10.1 Å². The van der Waals surface area contributed by atoms with Crippen molar-refractivity contribution >= 4 is 34.8 Å². The van der Waals surface area contributed by atoms with Crippen LogP contribution in [0.5, 0.6) is 5.75 Å². The molecule has 3 rings (SSSR count). The minimum absolute atomic E-state index is 0.0143. The first-order valence-corrected chi connectivity index (χ1v) is 10.0. The zero-order chi connectivity index (χ0) is 18.0. The van der Waals surface area contributed by atoms with E-state index in [0.29, 0.717) is 34.9 Å². The number of halogens is 1. The minimum atomic E-state index is -0.331. The average Bonchev–Trinajstić information content (AvgIpc) is 3.19. The summed E-state index contributed by atoms with van der Waals surface area (Å²) in [6.45, 7) is 1.90. The molecule has 0 aliphatic carbocycles. The van der Waals surface area contributed by atoms with Gasteiger partial charge in [0.05, 0.1) is 17.2 Å². The number of hydrogen-bond donors (Lipinski definition) is 1. The topological polar surface area (TPSA) is 55.4 Å². The lowest BCUT2D eigenvalue weighted by Crippen LogP contribution is -2.35. The van der Waals surface area contributed by atoms with Crippen LogP contribution in [0.4, 0.5) is 4.39 Å². The Morgan fingerprint density at radius 1 is 1.40 bits per heavy atom. The second-order valence-corrected chi connectivity index (χ2v) is 7.79. The fourth-order valence-electron chi connectivity index (χ4n) is 2.77. The average molecular weight is 379 g/mol. The lowest BCUT2D eigenvalue weighted by molar-refractivity contribution is -0.118. The van der Waals surface area contributed by atoms with Crippen molar-refractivity contribution in [3.8, 4) is 16.2 Å². The molecule has 1 unspecified atom stereocenters. The van der Waals surface area contributed by atoms with Gasteiger partial charge in [-0.2, -0.15) is 11.8 Å². The number of carbonyl (C=O) groups is 2. The van der Waals surface area contributed by atoms with Crippen LogP contribution >= 0.6 is 23.1 Å². The van der Waals surface area contributed by atoms with E-state index in [2.05, 4.69) is 5.32 Å². The number of thioether (sulfide) groups is 1. The molecule has 0 radical (unpaired) electrons. The van der Waals surface area contributed by atoms with Crippen LogP contribution in [-0.4, -0.2) is 36.3 Å². The maximum Gasteiger partial charge on any atom is 0.230 e. The Labute approximate surface area is 153 Å². The van der Waals surface area contributed by atoms with Gasteiger partial charge in [0.15, 0.2) is 5.78 Å². The van der Waals surface area contributed by atoms with Crippen molar-refractivity contribution in [2.24, 2.45) is 0 Å². The van der Waals surface area contributed by atoms with Crippen LogP contribution < -0.4 is 10.1 Å². The molecule has 4 nitrogen and oxygen atoms in total. The van der Waals surface area contributed by atoms with Gasteiger partial charge in [0.1, 0.15) is 17.7 Å². The zero-order valence-electron chi connectivity index (χ0n) is 13.9. The molecule has 7 heteroatoms. The Morgan fingerprint density at radius 2 is 2.20 bits per heavy atom. The third-order valence-corrected chi connectivity index (χ3v) is 5.65. The Morgan fingerprint density at radius 3 is 2.88 bits per heavy atom. The van der Waals surface area contributed by atoms with E-state index in [1.807, 2.05) is 12.3 Å². The maximum atomic E-state index is 14.0. The van der Waals surface area contributed by atoms with E-state index in [4.69, 9.17) is 4.74 Å². The summed E-state index contributed by atoms with van der Waals surface area (Å²) >= 11 is 2.78. The van der Waals surface area contributed by atoms with E-state index in [0.717, 1.165) is 10.4 Å². The SMILES string of the molecule is CSCC(=O)NCC1Cc2cc(F)cc(-c3ccc(C(C)=O)s3)c2O1. The van der Waals surface area contributed by atoms with Crippen molar-refractivity contribution in [2.45, 2.75) is 19.4 Å². The Kier molecular flexibility index (Phi) is 5.44. The summed E-state index contributed by atoms with van der Waals surface area (Å²) in [4.78, 5) is 24.5. The molecule has 0 bridgehead atoms. The lowest BCUT2D eigenvalue weighted by atomic mass is 10.0. The molecule has 2 heterocycles. The second kappa shape index (κ2) is 7.58. The number of carbonyl (C=O) groups excluding carboxylic acids is 2. The lowest BCUT2D eigenvalue weighted by Gasteiger charge is -2.13. The molecule has 1 aromatic carbocycles. The summed E-state index contributed by atoms with van der Waals surface area (Å²) in [5.74, 6) is 0.662. The predicted octanol–water partition coefficient (Wildman–Crippen LogP) is 3.54. The molecule has 1 N–H and O–H groups in total. The van der Waals surface area contributed by atoms with E-state index in [1.54, 1.807) is 6.07 Å². The Bertz CT molecular complexity index is 819. The first-order valence-electron chi connectivity index (χ1n) is 7.83. The third-order valence-electron chi connectivity index (χ3n) is 3.88. The quantitative estimate of drug-likeness (QED) is 0.780. The van der Waals surface area contributed by atoms with Gasteiger partial charge in [-0.15, -0.1) is 11.3 Å². The molecular weight excluding hydrogens is 361 g/mol. The fraction of sp³-hybridized carbons (Fsp3) is 0.333. The first-order chi connectivity index (χ1) is 12.0. The molecule has 2 aromatic rings. The van der Waals surface area contributed by atoms with Gasteiger partial charge in [0.25, 0.3) is 0 Å². The monoisotopic (exact) mass is 379 g/mol. The molecule has 0 spiro atoms. The molecule has 1 aliphatic heterocycles. The van der Waals surface area contributed by atoms with E-state index < -0.39 is 0 Å². The van der Waals surface area contributed by atoms with Crippen LogP contribution in [0.3, 0.4) is 0 Å². The summed E-state index contributed by atoms with van der Waals surface area (Å²) < 4.78 is 20.0. The van der Waals surface area contributed by atoms with Gasteiger partial charge in [0, 0.05) is 22.4 Å². The number of fused-ring (bicyclic) bond motifs is 1.